The van der Waals surface area contributed by atoms with Crippen molar-refractivity contribution in [3.8, 4) is 0 Å². The molecule has 5 unspecified atom stereocenters. The molecule has 5 atom stereocenters. The van der Waals surface area contributed by atoms with Gasteiger partial charge in [-0.15, -0.1) is 0 Å². The number of hydrogen-bond donors (Lipinski definition) is 1. The Balaban J connectivity index is 1.81. The van der Waals surface area contributed by atoms with Crippen LogP contribution in [0.3, 0.4) is 0 Å². The summed E-state index contributed by atoms with van der Waals surface area (Å²) < 4.78 is 35.5. The van der Waals surface area contributed by atoms with Gasteiger partial charge in [-0.3, -0.25) is 0 Å². The van der Waals surface area contributed by atoms with Crippen molar-refractivity contribution in [3.63, 3.8) is 0 Å². The highest BCUT2D eigenvalue weighted by molar-refractivity contribution is 4.99. The molecule has 134 valence electrons. The largest absolute Gasteiger partial charge is 0.394 e. The number of hydrogen-bond acceptors (Lipinski definition) is 7. The highest BCUT2D eigenvalue weighted by atomic mass is 16.8. The molecule has 0 bridgehead atoms. The van der Waals surface area contributed by atoms with Crippen molar-refractivity contribution in [1.82, 2.24) is 0 Å². The van der Waals surface area contributed by atoms with E-state index in [1.807, 2.05) is 41.5 Å². The van der Waals surface area contributed by atoms with Crippen molar-refractivity contribution in [2.45, 2.75) is 89.4 Å². The smallest absolute Gasteiger partial charge is 0.164 e. The molecule has 3 fully saturated rings. The van der Waals surface area contributed by atoms with Crippen LogP contribution in [-0.2, 0) is 28.4 Å². The van der Waals surface area contributed by atoms with Gasteiger partial charge in [0, 0.05) is 0 Å². The first-order valence-corrected chi connectivity index (χ1v) is 8.16. The molecule has 3 saturated heterocycles. The van der Waals surface area contributed by atoms with Crippen molar-refractivity contribution < 1.29 is 33.5 Å². The lowest BCUT2D eigenvalue weighted by Crippen LogP contribution is -2.48. The molecule has 0 radical (unpaired) electrons. The summed E-state index contributed by atoms with van der Waals surface area (Å²) in [7, 11) is 0. The van der Waals surface area contributed by atoms with Crippen molar-refractivity contribution >= 4 is 0 Å². The Hall–Kier alpha value is -0.280. The molecule has 0 aromatic rings. The normalized spacial score (nSPS) is 44.7. The first kappa shape index (κ1) is 17.5. The van der Waals surface area contributed by atoms with Crippen LogP contribution in [0.4, 0.5) is 0 Å². The Bertz CT molecular complexity index is 448. The van der Waals surface area contributed by atoms with E-state index in [-0.39, 0.29) is 18.8 Å². The Morgan fingerprint density at radius 3 is 1.87 bits per heavy atom. The molecule has 0 spiro atoms. The topological polar surface area (TPSA) is 75.6 Å². The van der Waals surface area contributed by atoms with Crippen molar-refractivity contribution in [2.75, 3.05) is 13.2 Å². The minimum absolute atomic E-state index is 0.144. The SMILES string of the molecule is CC1(C)OCC(C2OC(C)(C)OC2C2OC(C)(C)OC2CO)O1. The van der Waals surface area contributed by atoms with E-state index in [1.165, 1.54) is 0 Å². The van der Waals surface area contributed by atoms with E-state index in [2.05, 4.69) is 0 Å². The fourth-order valence-corrected chi connectivity index (χ4v) is 3.52. The van der Waals surface area contributed by atoms with Crippen LogP contribution in [0.2, 0.25) is 0 Å². The van der Waals surface area contributed by atoms with Gasteiger partial charge in [-0.1, -0.05) is 0 Å². The molecule has 7 nitrogen and oxygen atoms in total. The second-order valence-corrected chi connectivity index (χ2v) is 7.75. The van der Waals surface area contributed by atoms with E-state index in [9.17, 15) is 5.11 Å². The van der Waals surface area contributed by atoms with Gasteiger partial charge in [-0.25, -0.2) is 0 Å². The van der Waals surface area contributed by atoms with E-state index in [0.717, 1.165) is 0 Å². The molecule has 7 heteroatoms. The Morgan fingerprint density at radius 1 is 0.739 bits per heavy atom. The molecule has 3 aliphatic heterocycles. The Morgan fingerprint density at radius 2 is 1.30 bits per heavy atom. The lowest BCUT2D eigenvalue weighted by atomic mass is 10.00. The van der Waals surface area contributed by atoms with Crippen LogP contribution in [0.1, 0.15) is 41.5 Å². The van der Waals surface area contributed by atoms with Gasteiger partial charge in [0.1, 0.15) is 30.5 Å². The van der Waals surface area contributed by atoms with E-state index in [0.29, 0.717) is 6.61 Å². The van der Waals surface area contributed by atoms with Crippen LogP contribution in [0.5, 0.6) is 0 Å². The monoisotopic (exact) mass is 332 g/mol. The van der Waals surface area contributed by atoms with Crippen LogP contribution in [-0.4, -0.2) is 66.2 Å². The molecule has 3 aliphatic rings. The zero-order valence-corrected chi connectivity index (χ0v) is 14.7. The van der Waals surface area contributed by atoms with Gasteiger partial charge < -0.3 is 33.5 Å². The lowest BCUT2D eigenvalue weighted by Gasteiger charge is -2.28. The highest BCUT2D eigenvalue weighted by Crippen LogP contribution is 2.41. The van der Waals surface area contributed by atoms with Crippen LogP contribution < -0.4 is 0 Å². The van der Waals surface area contributed by atoms with Crippen LogP contribution >= 0.6 is 0 Å². The van der Waals surface area contributed by atoms with Gasteiger partial charge in [0.2, 0.25) is 0 Å². The maximum atomic E-state index is 9.64. The predicted octanol–water partition coefficient (Wildman–Crippen LogP) is 1.17. The van der Waals surface area contributed by atoms with E-state index >= 15 is 0 Å². The summed E-state index contributed by atoms with van der Waals surface area (Å²) in [6, 6.07) is 0. The minimum Gasteiger partial charge on any atom is -0.394 e. The molecule has 23 heavy (non-hydrogen) atoms. The molecule has 0 amide bonds. The van der Waals surface area contributed by atoms with Gasteiger partial charge >= 0.3 is 0 Å². The van der Waals surface area contributed by atoms with Gasteiger partial charge in [0.25, 0.3) is 0 Å². The summed E-state index contributed by atoms with van der Waals surface area (Å²) in [6.45, 7) is 11.4. The number of aliphatic hydroxyl groups excluding tert-OH is 1. The molecule has 3 heterocycles. The number of ether oxygens (including phenoxy) is 6. The molecular weight excluding hydrogens is 304 g/mol. The van der Waals surface area contributed by atoms with E-state index in [1.54, 1.807) is 0 Å². The zero-order chi connectivity index (χ0) is 17.0. The first-order chi connectivity index (χ1) is 10.5. The molecule has 0 aromatic carbocycles. The third-order valence-corrected chi connectivity index (χ3v) is 4.29. The zero-order valence-electron chi connectivity index (χ0n) is 14.7. The Labute approximate surface area is 137 Å². The molecule has 0 aliphatic carbocycles. The third kappa shape index (κ3) is 3.56. The van der Waals surface area contributed by atoms with Crippen LogP contribution in [0, 0.1) is 0 Å². The van der Waals surface area contributed by atoms with E-state index < -0.39 is 35.7 Å². The summed E-state index contributed by atoms with van der Waals surface area (Å²) in [5, 5.41) is 9.64. The average Bonchev–Trinajstić information content (AvgIpc) is 3.02. The van der Waals surface area contributed by atoms with Gasteiger partial charge in [-0.05, 0) is 41.5 Å². The standard InChI is InChI=1S/C16H28O7/c1-14(2)18-8-10(20-14)12-13(23-16(5,6)22-12)11-9(7-17)19-15(3,4)21-11/h9-13,17H,7-8H2,1-6H3. The molecule has 3 rings (SSSR count). The number of aliphatic hydroxyl groups is 1. The quantitative estimate of drug-likeness (QED) is 0.831. The fraction of sp³-hybridized carbons (Fsp3) is 1.00. The maximum Gasteiger partial charge on any atom is 0.164 e. The second kappa shape index (κ2) is 5.62. The van der Waals surface area contributed by atoms with Crippen molar-refractivity contribution in [1.29, 1.82) is 0 Å². The summed E-state index contributed by atoms with van der Waals surface area (Å²) >= 11 is 0. The molecule has 0 saturated carbocycles. The van der Waals surface area contributed by atoms with Gasteiger partial charge in [0.05, 0.1) is 13.2 Å². The minimum atomic E-state index is -0.773. The highest BCUT2D eigenvalue weighted by Gasteiger charge is 2.57. The lowest BCUT2D eigenvalue weighted by molar-refractivity contribution is -0.178. The second-order valence-electron chi connectivity index (χ2n) is 7.75. The maximum absolute atomic E-state index is 9.64. The van der Waals surface area contributed by atoms with Crippen LogP contribution in [0.15, 0.2) is 0 Å². The van der Waals surface area contributed by atoms with Crippen molar-refractivity contribution in [3.05, 3.63) is 0 Å². The van der Waals surface area contributed by atoms with Gasteiger partial charge in [-0.2, -0.15) is 0 Å². The Kier molecular flexibility index (Phi) is 4.29. The molecule has 1 N–H and O–H groups in total. The average molecular weight is 332 g/mol. The molecule has 0 aromatic heterocycles. The van der Waals surface area contributed by atoms with Gasteiger partial charge in [0.15, 0.2) is 17.4 Å². The van der Waals surface area contributed by atoms with E-state index in [4.69, 9.17) is 28.4 Å². The first-order valence-electron chi connectivity index (χ1n) is 8.16. The summed E-state index contributed by atoms with van der Waals surface area (Å²) in [5.74, 6) is -2.18. The predicted molar refractivity (Wildman–Crippen MR) is 79.6 cm³/mol. The van der Waals surface area contributed by atoms with Crippen LogP contribution in [0.25, 0.3) is 0 Å². The summed E-state index contributed by atoms with van der Waals surface area (Å²) in [5.41, 5.74) is 0. The third-order valence-electron chi connectivity index (χ3n) is 4.29. The molecular formula is C16H28O7. The summed E-state index contributed by atoms with van der Waals surface area (Å²) in [6.07, 6.45) is -1.93. The van der Waals surface area contributed by atoms with Crippen molar-refractivity contribution in [2.24, 2.45) is 0 Å². The number of rotatable bonds is 3. The fourth-order valence-electron chi connectivity index (χ4n) is 3.52. The summed E-state index contributed by atoms with van der Waals surface area (Å²) in [4.78, 5) is 0.